The van der Waals surface area contributed by atoms with Crippen LogP contribution in [0.25, 0.3) is 11.1 Å². The van der Waals surface area contributed by atoms with Gasteiger partial charge in [-0.15, -0.1) is 0 Å². The Morgan fingerprint density at radius 1 is 1.33 bits per heavy atom. The van der Waals surface area contributed by atoms with Crippen molar-refractivity contribution in [3.05, 3.63) is 24.1 Å². The van der Waals surface area contributed by atoms with Crippen molar-refractivity contribution in [1.82, 2.24) is 9.88 Å². The van der Waals surface area contributed by atoms with Gasteiger partial charge in [-0.2, -0.15) is 0 Å². The van der Waals surface area contributed by atoms with Gasteiger partial charge < -0.3 is 10.2 Å². The fourth-order valence-electron chi connectivity index (χ4n) is 1.95. The summed E-state index contributed by atoms with van der Waals surface area (Å²) >= 11 is 0. The molecular weight excluding hydrogens is 226 g/mol. The monoisotopic (exact) mass is 247 g/mol. The molecule has 4 nitrogen and oxygen atoms in total. The number of rotatable bonds is 4. The zero-order valence-corrected chi connectivity index (χ0v) is 11.5. The van der Waals surface area contributed by atoms with E-state index in [1.807, 2.05) is 18.2 Å². The maximum absolute atomic E-state index is 5.87. The molecule has 2 rings (SSSR count). The third-order valence-corrected chi connectivity index (χ3v) is 3.54. The first-order chi connectivity index (χ1) is 8.49. The van der Waals surface area contributed by atoms with Gasteiger partial charge in [-0.05, 0) is 32.0 Å². The lowest BCUT2D eigenvalue weighted by Gasteiger charge is -2.26. The number of para-hydroxylation sites is 1. The highest BCUT2D eigenvalue weighted by Crippen LogP contribution is 2.22. The number of aromatic nitrogens is 1. The molecule has 2 aromatic rings. The summed E-state index contributed by atoms with van der Waals surface area (Å²) in [4.78, 5) is 6.70. The van der Waals surface area contributed by atoms with Crippen molar-refractivity contribution in [3.63, 3.8) is 0 Å². The summed E-state index contributed by atoms with van der Waals surface area (Å²) in [6.45, 7) is 7.34. The number of hydrogen-bond donors (Lipinski definition) is 1. The van der Waals surface area contributed by atoms with Gasteiger partial charge in [0.25, 0.3) is 0 Å². The number of oxazole rings is 1. The molecule has 1 unspecified atom stereocenters. The minimum Gasteiger partial charge on any atom is -0.439 e. The molecule has 0 aliphatic carbocycles. The Morgan fingerprint density at radius 2 is 2.06 bits per heavy atom. The summed E-state index contributed by atoms with van der Waals surface area (Å²) < 4.78 is 5.72. The van der Waals surface area contributed by atoms with Crippen LogP contribution < -0.4 is 5.73 Å². The smallest absolute Gasteiger partial charge is 0.209 e. The second kappa shape index (κ2) is 4.98. The number of benzene rings is 1. The van der Waals surface area contributed by atoms with Crippen molar-refractivity contribution >= 4 is 16.8 Å². The minimum atomic E-state index is 0.484. The molecule has 0 saturated heterocycles. The molecule has 1 aromatic heterocycles. The topological polar surface area (TPSA) is 55.3 Å². The SMILES string of the molecule is CC(C)C(C)N(C)Cc1nc2c(N)cccc2o1. The number of anilines is 1. The Morgan fingerprint density at radius 3 is 2.67 bits per heavy atom. The highest BCUT2D eigenvalue weighted by atomic mass is 16.3. The summed E-state index contributed by atoms with van der Waals surface area (Å²) in [5.41, 5.74) is 8.06. The fourth-order valence-corrected chi connectivity index (χ4v) is 1.95. The second-order valence-corrected chi connectivity index (χ2v) is 5.20. The number of hydrogen-bond acceptors (Lipinski definition) is 4. The summed E-state index contributed by atoms with van der Waals surface area (Å²) in [5.74, 6) is 1.32. The standard InChI is InChI=1S/C14H21N3O/c1-9(2)10(3)17(4)8-13-16-14-11(15)6-5-7-12(14)18-13/h5-7,9-10H,8,15H2,1-4H3. The first-order valence-electron chi connectivity index (χ1n) is 6.33. The molecule has 2 N–H and O–H groups in total. The van der Waals surface area contributed by atoms with Crippen LogP contribution in [-0.2, 0) is 6.54 Å². The maximum atomic E-state index is 5.87. The molecule has 4 heteroatoms. The van der Waals surface area contributed by atoms with Crippen LogP contribution in [0.1, 0.15) is 26.7 Å². The van der Waals surface area contributed by atoms with E-state index in [1.54, 1.807) is 0 Å². The average molecular weight is 247 g/mol. The molecule has 0 aliphatic rings. The van der Waals surface area contributed by atoms with Crippen LogP contribution in [0.5, 0.6) is 0 Å². The van der Waals surface area contributed by atoms with E-state index < -0.39 is 0 Å². The molecule has 0 aliphatic heterocycles. The van der Waals surface area contributed by atoms with Gasteiger partial charge in [-0.3, -0.25) is 4.90 Å². The molecule has 0 fully saturated rings. The van der Waals surface area contributed by atoms with Crippen LogP contribution in [-0.4, -0.2) is 23.0 Å². The summed E-state index contributed by atoms with van der Waals surface area (Å²) in [6, 6.07) is 6.10. The Bertz CT molecular complexity index is 533. The first kappa shape index (κ1) is 12.9. The van der Waals surface area contributed by atoms with Crippen LogP contribution in [0, 0.1) is 5.92 Å². The van der Waals surface area contributed by atoms with Gasteiger partial charge in [0.05, 0.1) is 12.2 Å². The Kier molecular flexibility index (Phi) is 3.57. The summed E-state index contributed by atoms with van der Waals surface area (Å²) in [6.07, 6.45) is 0. The lowest BCUT2D eigenvalue weighted by Crippen LogP contribution is -2.32. The molecule has 18 heavy (non-hydrogen) atoms. The van der Waals surface area contributed by atoms with Crippen molar-refractivity contribution in [2.45, 2.75) is 33.4 Å². The predicted molar refractivity (Wildman–Crippen MR) is 74.2 cm³/mol. The van der Waals surface area contributed by atoms with Crippen molar-refractivity contribution < 1.29 is 4.42 Å². The highest BCUT2D eigenvalue weighted by molar-refractivity contribution is 5.85. The fraction of sp³-hybridized carbons (Fsp3) is 0.500. The molecule has 0 radical (unpaired) electrons. The van der Waals surface area contributed by atoms with E-state index in [9.17, 15) is 0 Å². The van der Waals surface area contributed by atoms with E-state index in [1.165, 1.54) is 0 Å². The third-order valence-electron chi connectivity index (χ3n) is 3.54. The van der Waals surface area contributed by atoms with Gasteiger partial charge in [-0.25, -0.2) is 4.98 Å². The maximum Gasteiger partial charge on any atom is 0.209 e. The summed E-state index contributed by atoms with van der Waals surface area (Å²) in [5, 5.41) is 0. The number of fused-ring (bicyclic) bond motifs is 1. The molecule has 0 saturated carbocycles. The molecule has 1 aromatic carbocycles. The van der Waals surface area contributed by atoms with Crippen molar-refractivity contribution in [2.24, 2.45) is 5.92 Å². The van der Waals surface area contributed by atoms with Crippen molar-refractivity contribution in [2.75, 3.05) is 12.8 Å². The van der Waals surface area contributed by atoms with E-state index in [0.717, 1.165) is 17.0 Å². The number of nitrogens with zero attached hydrogens (tertiary/aromatic N) is 2. The molecule has 98 valence electrons. The van der Waals surface area contributed by atoms with Gasteiger partial charge in [0.15, 0.2) is 5.58 Å². The molecule has 1 atom stereocenters. The molecule has 0 amide bonds. The van der Waals surface area contributed by atoms with Crippen LogP contribution in [0.15, 0.2) is 22.6 Å². The van der Waals surface area contributed by atoms with E-state index in [-0.39, 0.29) is 0 Å². The predicted octanol–water partition coefficient (Wildman–Crippen LogP) is 2.89. The Labute approximate surface area is 108 Å². The van der Waals surface area contributed by atoms with E-state index in [4.69, 9.17) is 10.2 Å². The lowest BCUT2D eigenvalue weighted by atomic mass is 10.1. The van der Waals surface area contributed by atoms with Gasteiger partial charge in [0.2, 0.25) is 5.89 Å². The van der Waals surface area contributed by atoms with E-state index in [0.29, 0.717) is 24.2 Å². The van der Waals surface area contributed by atoms with Crippen LogP contribution in [0.3, 0.4) is 0 Å². The first-order valence-corrected chi connectivity index (χ1v) is 6.33. The van der Waals surface area contributed by atoms with Gasteiger partial charge in [-0.1, -0.05) is 19.9 Å². The van der Waals surface area contributed by atoms with Crippen LogP contribution in [0.2, 0.25) is 0 Å². The summed E-state index contributed by atoms with van der Waals surface area (Å²) in [7, 11) is 2.09. The van der Waals surface area contributed by atoms with Crippen molar-refractivity contribution in [3.8, 4) is 0 Å². The highest BCUT2D eigenvalue weighted by Gasteiger charge is 2.16. The Balaban J connectivity index is 2.20. The third kappa shape index (κ3) is 2.48. The number of nitrogen functional groups attached to an aromatic ring is 1. The average Bonchev–Trinajstić information content (AvgIpc) is 2.71. The molecule has 0 bridgehead atoms. The van der Waals surface area contributed by atoms with Crippen molar-refractivity contribution in [1.29, 1.82) is 0 Å². The largest absolute Gasteiger partial charge is 0.439 e. The molecule has 0 spiro atoms. The zero-order valence-electron chi connectivity index (χ0n) is 11.5. The normalized spacial score (nSPS) is 13.7. The van der Waals surface area contributed by atoms with Crippen LogP contribution in [0.4, 0.5) is 5.69 Å². The molecular formula is C14H21N3O. The van der Waals surface area contributed by atoms with E-state index in [2.05, 4.69) is 37.7 Å². The minimum absolute atomic E-state index is 0.484. The van der Waals surface area contributed by atoms with Gasteiger partial charge >= 0.3 is 0 Å². The van der Waals surface area contributed by atoms with E-state index >= 15 is 0 Å². The number of nitrogens with two attached hydrogens (primary N) is 1. The zero-order chi connectivity index (χ0) is 13.3. The second-order valence-electron chi connectivity index (χ2n) is 5.20. The lowest BCUT2D eigenvalue weighted by molar-refractivity contribution is 0.185. The van der Waals surface area contributed by atoms with Crippen LogP contribution >= 0.6 is 0 Å². The Hall–Kier alpha value is -1.55. The van der Waals surface area contributed by atoms with Gasteiger partial charge in [0.1, 0.15) is 5.52 Å². The quantitative estimate of drug-likeness (QED) is 0.844. The van der Waals surface area contributed by atoms with Gasteiger partial charge in [0, 0.05) is 6.04 Å². The molecule has 1 heterocycles.